The molecule has 2 aromatic rings. The van der Waals surface area contributed by atoms with Crippen molar-refractivity contribution in [2.45, 2.75) is 44.2 Å². The van der Waals surface area contributed by atoms with E-state index in [1.807, 2.05) is 0 Å². The second kappa shape index (κ2) is 7.90. The van der Waals surface area contributed by atoms with Crippen LogP contribution in [0.25, 0.3) is 0 Å². The summed E-state index contributed by atoms with van der Waals surface area (Å²) >= 11 is 0. The Morgan fingerprint density at radius 2 is 1.92 bits per heavy atom. The zero-order valence-electron chi connectivity index (χ0n) is 14.1. The van der Waals surface area contributed by atoms with Gasteiger partial charge in [-0.05, 0) is 37.2 Å². The van der Waals surface area contributed by atoms with E-state index in [1.165, 1.54) is 5.56 Å². The van der Waals surface area contributed by atoms with Crippen LogP contribution in [-0.4, -0.2) is 34.0 Å². The lowest BCUT2D eigenvalue weighted by Crippen LogP contribution is -2.44. The Labute approximate surface area is 143 Å². The van der Waals surface area contributed by atoms with Gasteiger partial charge >= 0.3 is 6.03 Å². The van der Waals surface area contributed by atoms with Gasteiger partial charge in [0.15, 0.2) is 0 Å². The summed E-state index contributed by atoms with van der Waals surface area (Å²) in [5.41, 5.74) is 2.21. The van der Waals surface area contributed by atoms with E-state index in [0.29, 0.717) is 12.5 Å². The number of nitrogens with zero attached hydrogens (tertiary/aromatic N) is 3. The summed E-state index contributed by atoms with van der Waals surface area (Å²) in [4.78, 5) is 22.2. The number of nitrogens with one attached hydrogen (secondary N) is 1. The van der Waals surface area contributed by atoms with Gasteiger partial charge in [0.05, 0.1) is 18.4 Å². The van der Waals surface area contributed by atoms with Gasteiger partial charge in [0.1, 0.15) is 0 Å². The molecule has 0 atom stereocenters. The summed E-state index contributed by atoms with van der Waals surface area (Å²) in [6, 6.07) is 10.9. The fraction of sp³-hybridized carbons (Fsp3) is 0.421. The maximum atomic E-state index is 12.3. The van der Waals surface area contributed by atoms with Crippen LogP contribution in [0.4, 0.5) is 4.79 Å². The zero-order valence-corrected chi connectivity index (χ0v) is 14.1. The summed E-state index contributed by atoms with van der Waals surface area (Å²) in [7, 11) is 1.79. The van der Waals surface area contributed by atoms with E-state index in [0.717, 1.165) is 31.4 Å². The number of aromatic nitrogens is 2. The molecule has 1 aromatic heterocycles. The number of rotatable bonds is 4. The van der Waals surface area contributed by atoms with E-state index in [2.05, 4.69) is 45.6 Å². The van der Waals surface area contributed by atoms with Gasteiger partial charge in [-0.15, -0.1) is 0 Å². The average molecular weight is 324 g/mol. The van der Waals surface area contributed by atoms with Crippen LogP contribution in [0.1, 0.15) is 42.9 Å². The predicted molar refractivity (Wildman–Crippen MR) is 93.5 cm³/mol. The van der Waals surface area contributed by atoms with Gasteiger partial charge in [0.25, 0.3) is 0 Å². The van der Waals surface area contributed by atoms with Gasteiger partial charge in [-0.3, -0.25) is 9.97 Å². The normalized spacial score (nSPS) is 20.4. The number of hydrogen-bond donors (Lipinski definition) is 1. The molecule has 24 heavy (non-hydrogen) atoms. The number of urea groups is 1. The molecule has 0 bridgehead atoms. The molecule has 1 fully saturated rings. The van der Waals surface area contributed by atoms with E-state index >= 15 is 0 Å². The van der Waals surface area contributed by atoms with Crippen molar-refractivity contribution in [2.75, 3.05) is 7.05 Å². The minimum Gasteiger partial charge on any atom is -0.335 e. The Hall–Kier alpha value is -2.43. The van der Waals surface area contributed by atoms with Gasteiger partial charge in [-0.1, -0.05) is 30.3 Å². The fourth-order valence-corrected chi connectivity index (χ4v) is 3.31. The molecule has 1 aromatic carbocycles. The Morgan fingerprint density at radius 3 is 2.58 bits per heavy atom. The molecule has 5 nitrogen and oxygen atoms in total. The molecular formula is C19H24N4O. The van der Waals surface area contributed by atoms with Crippen LogP contribution in [-0.2, 0) is 6.54 Å². The largest absolute Gasteiger partial charge is 0.335 e. The monoisotopic (exact) mass is 324 g/mol. The van der Waals surface area contributed by atoms with Crippen molar-refractivity contribution < 1.29 is 4.79 Å². The Morgan fingerprint density at radius 1 is 1.17 bits per heavy atom. The standard InChI is InChI=1S/C19H24N4O/c1-23(14-18-13-20-11-12-21-18)19(24)22-17-9-7-16(8-10-17)15-5-3-2-4-6-15/h2-6,11-13,16-17H,7-10,14H2,1H3,(H,22,24). The molecule has 1 N–H and O–H groups in total. The lowest BCUT2D eigenvalue weighted by atomic mass is 9.82. The van der Waals surface area contributed by atoms with Crippen molar-refractivity contribution in [2.24, 2.45) is 0 Å². The molecule has 0 aliphatic heterocycles. The highest BCUT2D eigenvalue weighted by Gasteiger charge is 2.24. The van der Waals surface area contributed by atoms with Crippen molar-refractivity contribution in [1.82, 2.24) is 20.2 Å². The first-order valence-electron chi connectivity index (χ1n) is 8.54. The molecule has 2 amide bonds. The van der Waals surface area contributed by atoms with Crippen LogP contribution in [0.5, 0.6) is 0 Å². The van der Waals surface area contributed by atoms with Crippen LogP contribution in [0.2, 0.25) is 0 Å². The number of hydrogen-bond acceptors (Lipinski definition) is 3. The zero-order chi connectivity index (χ0) is 16.8. The fourth-order valence-electron chi connectivity index (χ4n) is 3.31. The number of benzene rings is 1. The second-order valence-electron chi connectivity index (χ2n) is 6.46. The van der Waals surface area contributed by atoms with Crippen LogP contribution in [0, 0.1) is 0 Å². The molecule has 0 unspecified atom stereocenters. The summed E-state index contributed by atoms with van der Waals surface area (Å²) in [6.45, 7) is 0.471. The van der Waals surface area contributed by atoms with Crippen LogP contribution < -0.4 is 5.32 Å². The Kier molecular flexibility index (Phi) is 5.41. The predicted octanol–water partition coefficient (Wildman–Crippen LogP) is 3.34. The van der Waals surface area contributed by atoms with E-state index in [4.69, 9.17) is 0 Å². The molecule has 5 heteroatoms. The van der Waals surface area contributed by atoms with E-state index in [-0.39, 0.29) is 12.1 Å². The highest BCUT2D eigenvalue weighted by molar-refractivity contribution is 5.74. The first-order chi connectivity index (χ1) is 11.7. The maximum Gasteiger partial charge on any atom is 0.317 e. The van der Waals surface area contributed by atoms with Crippen molar-refractivity contribution in [3.05, 3.63) is 60.2 Å². The minimum absolute atomic E-state index is 0.0381. The number of carbonyl (C=O) groups is 1. The molecule has 1 aliphatic carbocycles. The molecular weight excluding hydrogens is 300 g/mol. The van der Waals surface area contributed by atoms with Crippen molar-refractivity contribution >= 4 is 6.03 Å². The molecule has 1 heterocycles. The van der Waals surface area contributed by atoms with Crippen molar-refractivity contribution in [1.29, 1.82) is 0 Å². The smallest absolute Gasteiger partial charge is 0.317 e. The molecule has 0 saturated heterocycles. The molecule has 3 rings (SSSR count). The highest BCUT2D eigenvalue weighted by Crippen LogP contribution is 2.32. The van der Waals surface area contributed by atoms with Gasteiger partial charge in [-0.25, -0.2) is 4.79 Å². The summed E-state index contributed by atoms with van der Waals surface area (Å²) in [5, 5.41) is 3.15. The minimum atomic E-state index is -0.0381. The van der Waals surface area contributed by atoms with Gasteiger partial charge in [0, 0.05) is 25.5 Å². The second-order valence-corrected chi connectivity index (χ2v) is 6.46. The van der Waals surface area contributed by atoms with Crippen LogP contribution >= 0.6 is 0 Å². The summed E-state index contributed by atoms with van der Waals surface area (Å²) in [5.74, 6) is 0.622. The lowest BCUT2D eigenvalue weighted by molar-refractivity contribution is 0.197. The third-order valence-electron chi connectivity index (χ3n) is 4.69. The van der Waals surface area contributed by atoms with Gasteiger partial charge in [-0.2, -0.15) is 0 Å². The summed E-state index contributed by atoms with van der Waals surface area (Å²) in [6.07, 6.45) is 9.29. The van der Waals surface area contributed by atoms with E-state index < -0.39 is 0 Å². The molecule has 1 aliphatic rings. The SMILES string of the molecule is CN(Cc1cnccn1)C(=O)NC1CCC(c2ccccc2)CC1. The maximum absolute atomic E-state index is 12.3. The van der Waals surface area contributed by atoms with E-state index in [1.54, 1.807) is 30.5 Å². The van der Waals surface area contributed by atoms with Gasteiger partial charge in [0.2, 0.25) is 0 Å². The number of amides is 2. The van der Waals surface area contributed by atoms with Crippen LogP contribution in [0.3, 0.4) is 0 Å². The third kappa shape index (κ3) is 4.31. The van der Waals surface area contributed by atoms with Crippen molar-refractivity contribution in [3.8, 4) is 0 Å². The quantitative estimate of drug-likeness (QED) is 0.938. The first-order valence-corrected chi connectivity index (χ1v) is 8.54. The molecule has 0 radical (unpaired) electrons. The van der Waals surface area contributed by atoms with Crippen LogP contribution in [0.15, 0.2) is 48.9 Å². The third-order valence-corrected chi connectivity index (χ3v) is 4.69. The molecule has 0 spiro atoms. The Balaban J connectivity index is 1.46. The summed E-state index contributed by atoms with van der Waals surface area (Å²) < 4.78 is 0. The topological polar surface area (TPSA) is 58.1 Å². The molecule has 126 valence electrons. The molecule has 1 saturated carbocycles. The number of carbonyl (C=O) groups excluding carboxylic acids is 1. The average Bonchev–Trinajstić information content (AvgIpc) is 2.64. The van der Waals surface area contributed by atoms with Gasteiger partial charge < -0.3 is 10.2 Å². The first kappa shape index (κ1) is 16.4. The van der Waals surface area contributed by atoms with Crippen molar-refractivity contribution in [3.63, 3.8) is 0 Å². The lowest BCUT2D eigenvalue weighted by Gasteiger charge is -2.30. The Bertz CT molecular complexity index is 639. The van der Waals surface area contributed by atoms with E-state index in [9.17, 15) is 4.79 Å². The highest BCUT2D eigenvalue weighted by atomic mass is 16.2.